The fourth-order valence-corrected chi connectivity index (χ4v) is 2.90. The van der Waals surface area contributed by atoms with Crippen LogP contribution in [0.4, 0.5) is 4.39 Å². The van der Waals surface area contributed by atoms with Crippen molar-refractivity contribution in [2.45, 2.75) is 24.3 Å². The summed E-state index contributed by atoms with van der Waals surface area (Å²) < 4.78 is 12.9. The molecule has 0 aliphatic carbocycles. The summed E-state index contributed by atoms with van der Waals surface area (Å²) in [4.78, 5) is 1.12. The molecule has 1 nitrogen and oxygen atoms in total. The minimum atomic E-state index is -0.510. The van der Waals surface area contributed by atoms with Crippen LogP contribution in [0.15, 0.2) is 47.4 Å². The van der Waals surface area contributed by atoms with Crippen LogP contribution in [-0.4, -0.2) is 17.0 Å². The lowest BCUT2D eigenvalue weighted by Gasteiger charge is -2.11. The van der Waals surface area contributed by atoms with Gasteiger partial charge in [0.1, 0.15) is 5.82 Å². The molecule has 0 fully saturated rings. The van der Waals surface area contributed by atoms with Gasteiger partial charge in [-0.25, -0.2) is 4.39 Å². The molecule has 0 aliphatic rings. The number of hydrogen-bond donors (Lipinski definition) is 1. The third kappa shape index (κ3) is 4.51. The van der Waals surface area contributed by atoms with Gasteiger partial charge in [0.15, 0.2) is 0 Å². The first kappa shape index (κ1) is 15.4. The third-order valence-electron chi connectivity index (χ3n) is 2.93. The molecule has 2 aromatic carbocycles. The number of benzene rings is 2. The first-order valence-electron chi connectivity index (χ1n) is 6.36. The molecule has 1 unspecified atom stereocenters. The highest BCUT2D eigenvalue weighted by molar-refractivity contribution is 7.99. The van der Waals surface area contributed by atoms with Crippen molar-refractivity contribution in [2.75, 3.05) is 5.75 Å². The minimum Gasteiger partial charge on any atom is -0.392 e. The summed E-state index contributed by atoms with van der Waals surface area (Å²) in [6.45, 7) is 2.04. The molecule has 0 saturated heterocycles. The summed E-state index contributed by atoms with van der Waals surface area (Å²) in [5, 5.41) is 10.4. The normalized spacial score (nSPS) is 12.4. The predicted molar refractivity (Wildman–Crippen MR) is 83.0 cm³/mol. The van der Waals surface area contributed by atoms with E-state index in [2.05, 4.69) is 0 Å². The molecule has 0 aliphatic heterocycles. The zero-order valence-electron chi connectivity index (χ0n) is 11.1. The second-order valence-electron chi connectivity index (χ2n) is 4.72. The molecule has 106 valence electrons. The number of halogens is 2. The lowest BCUT2D eigenvalue weighted by atomic mass is 10.1. The second-order valence-corrected chi connectivity index (χ2v) is 6.22. The Morgan fingerprint density at radius 3 is 2.55 bits per heavy atom. The average Bonchev–Trinajstić information content (AvgIpc) is 2.41. The highest BCUT2D eigenvalue weighted by Crippen LogP contribution is 2.23. The summed E-state index contributed by atoms with van der Waals surface area (Å²) in [6.07, 6.45) is -0.0814. The first-order chi connectivity index (χ1) is 9.54. The molecule has 0 amide bonds. The number of thioether (sulfide) groups is 1. The van der Waals surface area contributed by atoms with E-state index in [0.29, 0.717) is 17.2 Å². The number of aryl methyl sites for hydroxylation is 1. The molecule has 20 heavy (non-hydrogen) atoms. The quantitative estimate of drug-likeness (QED) is 0.822. The van der Waals surface area contributed by atoms with Crippen molar-refractivity contribution < 1.29 is 9.50 Å². The van der Waals surface area contributed by atoms with Crippen LogP contribution < -0.4 is 0 Å². The molecule has 0 saturated carbocycles. The zero-order chi connectivity index (χ0) is 14.5. The van der Waals surface area contributed by atoms with Gasteiger partial charge in [0, 0.05) is 22.1 Å². The Hall–Kier alpha value is -1.03. The van der Waals surface area contributed by atoms with Crippen molar-refractivity contribution >= 4 is 23.4 Å². The Labute approximate surface area is 127 Å². The van der Waals surface area contributed by atoms with Crippen LogP contribution in [0.25, 0.3) is 0 Å². The fraction of sp³-hybridized carbons (Fsp3) is 0.250. The van der Waals surface area contributed by atoms with E-state index in [1.54, 1.807) is 17.8 Å². The summed E-state index contributed by atoms with van der Waals surface area (Å²) in [6, 6.07) is 12.4. The van der Waals surface area contributed by atoms with Crippen LogP contribution in [0.5, 0.6) is 0 Å². The number of rotatable bonds is 5. The van der Waals surface area contributed by atoms with E-state index < -0.39 is 6.10 Å². The van der Waals surface area contributed by atoms with Gasteiger partial charge in [-0.2, -0.15) is 0 Å². The molecule has 0 aromatic heterocycles. The van der Waals surface area contributed by atoms with Crippen LogP contribution in [0, 0.1) is 12.7 Å². The molecule has 0 bridgehead atoms. The van der Waals surface area contributed by atoms with Crippen molar-refractivity contribution in [2.24, 2.45) is 0 Å². The maximum Gasteiger partial charge on any atom is 0.124 e. The number of aliphatic hydroxyl groups is 1. The summed E-state index contributed by atoms with van der Waals surface area (Å²) in [5.74, 6) is 0.221. The molecule has 4 heteroatoms. The summed E-state index contributed by atoms with van der Waals surface area (Å²) in [7, 11) is 0. The van der Waals surface area contributed by atoms with Crippen molar-refractivity contribution in [3.05, 3.63) is 64.4 Å². The Balaban J connectivity index is 1.89. The standard InChI is InChI=1S/C16H16ClFOS/c1-11-2-6-15(7-3-11)20-10-14(19)8-12-4-5-13(18)9-16(12)17/h2-7,9,14,19H,8,10H2,1H3. The lowest BCUT2D eigenvalue weighted by Crippen LogP contribution is -2.13. The Kier molecular flexibility index (Phi) is 5.46. The lowest BCUT2D eigenvalue weighted by molar-refractivity contribution is 0.200. The van der Waals surface area contributed by atoms with Crippen LogP contribution in [-0.2, 0) is 6.42 Å². The van der Waals surface area contributed by atoms with Gasteiger partial charge >= 0.3 is 0 Å². The maximum atomic E-state index is 12.9. The van der Waals surface area contributed by atoms with Gasteiger partial charge in [0.2, 0.25) is 0 Å². The van der Waals surface area contributed by atoms with Crippen molar-refractivity contribution in [1.29, 1.82) is 0 Å². The Bertz CT molecular complexity index is 571. The third-order valence-corrected chi connectivity index (χ3v) is 4.44. The van der Waals surface area contributed by atoms with Gasteiger partial charge in [-0.3, -0.25) is 0 Å². The molecule has 1 N–H and O–H groups in total. The molecule has 0 radical (unpaired) electrons. The van der Waals surface area contributed by atoms with E-state index >= 15 is 0 Å². The predicted octanol–water partition coefficient (Wildman–Crippen LogP) is 4.48. The molecule has 2 aromatic rings. The molecule has 1 atom stereocenters. The summed E-state index contributed by atoms with van der Waals surface area (Å²) in [5.41, 5.74) is 1.98. The highest BCUT2D eigenvalue weighted by Gasteiger charge is 2.10. The first-order valence-corrected chi connectivity index (χ1v) is 7.72. The fourth-order valence-electron chi connectivity index (χ4n) is 1.83. The van der Waals surface area contributed by atoms with Gasteiger partial charge in [-0.05, 0) is 36.8 Å². The van der Waals surface area contributed by atoms with Gasteiger partial charge in [-0.1, -0.05) is 35.4 Å². The minimum absolute atomic E-state index is 0.359. The summed E-state index contributed by atoms with van der Waals surface area (Å²) >= 11 is 7.55. The molecular formula is C16H16ClFOS. The Morgan fingerprint density at radius 2 is 1.90 bits per heavy atom. The number of hydrogen-bond acceptors (Lipinski definition) is 2. The largest absolute Gasteiger partial charge is 0.392 e. The van der Waals surface area contributed by atoms with E-state index in [1.165, 1.54) is 17.7 Å². The van der Waals surface area contributed by atoms with Crippen molar-refractivity contribution in [3.8, 4) is 0 Å². The maximum absolute atomic E-state index is 12.9. The molecular weight excluding hydrogens is 295 g/mol. The smallest absolute Gasteiger partial charge is 0.124 e. The average molecular weight is 311 g/mol. The van der Waals surface area contributed by atoms with Crippen LogP contribution >= 0.6 is 23.4 Å². The van der Waals surface area contributed by atoms with Gasteiger partial charge in [-0.15, -0.1) is 11.8 Å². The topological polar surface area (TPSA) is 20.2 Å². The van der Waals surface area contributed by atoms with Crippen LogP contribution in [0.1, 0.15) is 11.1 Å². The Morgan fingerprint density at radius 1 is 1.20 bits per heavy atom. The number of aliphatic hydroxyl groups excluding tert-OH is 1. The van der Waals surface area contributed by atoms with E-state index in [-0.39, 0.29) is 5.82 Å². The van der Waals surface area contributed by atoms with Gasteiger partial charge < -0.3 is 5.11 Å². The molecule has 0 spiro atoms. The molecule has 2 rings (SSSR count). The van der Waals surface area contributed by atoms with Gasteiger partial charge in [0.05, 0.1) is 6.10 Å². The van der Waals surface area contributed by atoms with E-state index in [9.17, 15) is 9.50 Å². The monoisotopic (exact) mass is 310 g/mol. The van der Waals surface area contributed by atoms with Crippen molar-refractivity contribution in [3.63, 3.8) is 0 Å². The SMILES string of the molecule is Cc1ccc(SCC(O)Cc2ccc(F)cc2Cl)cc1. The van der Waals surface area contributed by atoms with Crippen LogP contribution in [0.3, 0.4) is 0 Å². The van der Waals surface area contributed by atoms with Crippen molar-refractivity contribution in [1.82, 2.24) is 0 Å². The highest BCUT2D eigenvalue weighted by atomic mass is 35.5. The van der Waals surface area contributed by atoms with E-state index in [4.69, 9.17) is 11.6 Å². The zero-order valence-corrected chi connectivity index (χ0v) is 12.7. The van der Waals surface area contributed by atoms with E-state index in [1.807, 2.05) is 31.2 Å². The second kappa shape index (κ2) is 7.11. The molecule has 0 heterocycles. The van der Waals surface area contributed by atoms with Crippen LogP contribution in [0.2, 0.25) is 5.02 Å². The van der Waals surface area contributed by atoms with E-state index in [0.717, 1.165) is 10.5 Å². The van der Waals surface area contributed by atoms with Gasteiger partial charge in [0.25, 0.3) is 0 Å².